The molecule has 1 spiro atoms. The second-order valence-corrected chi connectivity index (χ2v) is 6.38. The number of nitrogens with one attached hydrogen (secondary N) is 1. The monoisotopic (exact) mass is 292 g/mol. The van der Waals surface area contributed by atoms with Gasteiger partial charge in [0.2, 0.25) is 5.91 Å². The van der Waals surface area contributed by atoms with Gasteiger partial charge in [-0.2, -0.15) is 11.8 Å². The van der Waals surface area contributed by atoms with E-state index in [0.717, 1.165) is 36.5 Å². The number of methoxy groups -OCH3 is 1. The fraction of sp³-hybridized carbons (Fsp3) is 0.533. The summed E-state index contributed by atoms with van der Waals surface area (Å²) in [5, 5.41) is 3.53. The minimum atomic E-state index is -0.261. The number of hydrogen-bond acceptors (Lipinski definition) is 4. The first kappa shape index (κ1) is 13.8. The van der Waals surface area contributed by atoms with E-state index in [0.29, 0.717) is 0 Å². The third-order valence-corrected chi connectivity index (χ3v) is 4.70. The number of thioether (sulfide) groups is 1. The van der Waals surface area contributed by atoms with Crippen molar-refractivity contribution in [2.75, 3.05) is 25.7 Å². The topological polar surface area (TPSA) is 41.6 Å². The van der Waals surface area contributed by atoms with Crippen LogP contribution in [0.1, 0.15) is 24.6 Å². The first-order chi connectivity index (χ1) is 9.70. The molecule has 5 heteroatoms. The predicted molar refractivity (Wildman–Crippen MR) is 80.9 cm³/mol. The van der Waals surface area contributed by atoms with Gasteiger partial charge in [0.25, 0.3) is 0 Å². The minimum Gasteiger partial charge on any atom is -0.497 e. The van der Waals surface area contributed by atoms with E-state index in [-0.39, 0.29) is 17.6 Å². The van der Waals surface area contributed by atoms with Crippen LogP contribution in [0.2, 0.25) is 0 Å². The Kier molecular flexibility index (Phi) is 3.65. The quantitative estimate of drug-likeness (QED) is 0.901. The molecule has 20 heavy (non-hydrogen) atoms. The van der Waals surface area contributed by atoms with Gasteiger partial charge in [0.15, 0.2) is 0 Å². The van der Waals surface area contributed by atoms with Gasteiger partial charge in [0.05, 0.1) is 7.11 Å². The second-order valence-electron chi connectivity index (χ2n) is 5.39. The van der Waals surface area contributed by atoms with Crippen LogP contribution in [-0.4, -0.2) is 42.0 Å². The summed E-state index contributed by atoms with van der Waals surface area (Å²) >= 11 is 1.77. The molecule has 1 aromatic rings. The highest BCUT2D eigenvalue weighted by Crippen LogP contribution is 2.45. The molecule has 1 aliphatic heterocycles. The zero-order valence-corrected chi connectivity index (χ0v) is 12.7. The van der Waals surface area contributed by atoms with Gasteiger partial charge in [-0.25, -0.2) is 0 Å². The number of ether oxygens (including phenoxy) is 1. The van der Waals surface area contributed by atoms with Gasteiger partial charge in [-0.15, -0.1) is 0 Å². The normalized spacial score (nSPS) is 23.4. The summed E-state index contributed by atoms with van der Waals surface area (Å²) in [6.45, 7) is 0.797. The molecule has 1 aromatic carbocycles. The Balaban J connectivity index is 1.83. The smallest absolute Gasteiger partial charge is 0.244 e. The average Bonchev–Trinajstić information content (AvgIpc) is 3.21. The molecule has 1 saturated heterocycles. The largest absolute Gasteiger partial charge is 0.497 e. The fourth-order valence-electron chi connectivity index (χ4n) is 2.75. The number of nitrogens with zero attached hydrogens (tertiary/aromatic N) is 1. The first-order valence-corrected chi connectivity index (χ1v) is 8.31. The van der Waals surface area contributed by atoms with Crippen LogP contribution in [0.5, 0.6) is 5.75 Å². The Morgan fingerprint density at radius 1 is 1.40 bits per heavy atom. The molecular weight excluding hydrogens is 272 g/mol. The molecule has 1 N–H and O–H groups in total. The average molecular weight is 292 g/mol. The van der Waals surface area contributed by atoms with E-state index >= 15 is 0 Å². The minimum absolute atomic E-state index is 0.00283. The van der Waals surface area contributed by atoms with Gasteiger partial charge in [0, 0.05) is 12.3 Å². The Morgan fingerprint density at radius 2 is 2.10 bits per heavy atom. The SMILES string of the molecule is COc1ccc(C2NC3(CC3)C(=O)N2CCSC)cc1. The van der Waals surface area contributed by atoms with E-state index in [1.54, 1.807) is 18.9 Å². The fourth-order valence-corrected chi connectivity index (χ4v) is 3.13. The van der Waals surface area contributed by atoms with Crippen LogP contribution in [0.3, 0.4) is 0 Å². The molecule has 1 atom stereocenters. The van der Waals surface area contributed by atoms with Gasteiger partial charge >= 0.3 is 0 Å². The van der Waals surface area contributed by atoms with E-state index in [1.165, 1.54) is 0 Å². The second kappa shape index (κ2) is 5.30. The number of benzene rings is 1. The molecule has 2 fully saturated rings. The van der Waals surface area contributed by atoms with Crippen molar-refractivity contribution in [1.82, 2.24) is 10.2 Å². The maximum atomic E-state index is 12.5. The molecule has 2 aliphatic rings. The zero-order valence-electron chi connectivity index (χ0n) is 11.9. The lowest BCUT2D eigenvalue weighted by Crippen LogP contribution is -2.33. The number of hydrogen-bond donors (Lipinski definition) is 1. The van der Waals surface area contributed by atoms with Gasteiger partial charge in [-0.05, 0) is 36.8 Å². The molecular formula is C15H20N2O2S. The van der Waals surface area contributed by atoms with Gasteiger partial charge in [0.1, 0.15) is 17.5 Å². The van der Waals surface area contributed by atoms with Crippen LogP contribution in [0.4, 0.5) is 0 Å². The molecule has 108 valence electrons. The number of amides is 1. The van der Waals surface area contributed by atoms with Gasteiger partial charge in [-0.1, -0.05) is 12.1 Å². The van der Waals surface area contributed by atoms with Crippen molar-refractivity contribution in [3.05, 3.63) is 29.8 Å². The lowest BCUT2D eigenvalue weighted by Gasteiger charge is -2.24. The first-order valence-electron chi connectivity index (χ1n) is 6.92. The van der Waals surface area contributed by atoms with Crippen molar-refractivity contribution in [1.29, 1.82) is 0 Å². The van der Waals surface area contributed by atoms with Crippen molar-refractivity contribution in [3.63, 3.8) is 0 Å². The molecule has 1 aliphatic carbocycles. The molecule has 3 rings (SSSR count). The molecule has 1 unspecified atom stereocenters. The van der Waals surface area contributed by atoms with Crippen molar-refractivity contribution in [3.8, 4) is 5.75 Å². The van der Waals surface area contributed by atoms with Crippen LogP contribution in [0, 0.1) is 0 Å². The van der Waals surface area contributed by atoms with E-state index in [2.05, 4.69) is 11.6 Å². The molecule has 1 amide bonds. The van der Waals surface area contributed by atoms with Crippen molar-refractivity contribution >= 4 is 17.7 Å². The van der Waals surface area contributed by atoms with Crippen molar-refractivity contribution in [2.24, 2.45) is 0 Å². The molecule has 1 heterocycles. The third kappa shape index (κ3) is 2.29. The highest BCUT2D eigenvalue weighted by atomic mass is 32.2. The summed E-state index contributed by atoms with van der Waals surface area (Å²) in [5.41, 5.74) is 0.868. The Morgan fingerprint density at radius 3 is 2.65 bits per heavy atom. The highest BCUT2D eigenvalue weighted by molar-refractivity contribution is 7.98. The summed E-state index contributed by atoms with van der Waals surface area (Å²) in [7, 11) is 1.66. The summed E-state index contributed by atoms with van der Waals surface area (Å²) in [4.78, 5) is 14.5. The number of carbonyl (C=O) groups is 1. The third-order valence-electron chi connectivity index (χ3n) is 4.11. The van der Waals surface area contributed by atoms with Crippen LogP contribution in [0.15, 0.2) is 24.3 Å². The molecule has 1 saturated carbocycles. The maximum absolute atomic E-state index is 12.5. The maximum Gasteiger partial charge on any atom is 0.244 e. The Bertz CT molecular complexity index is 499. The summed E-state index contributed by atoms with van der Waals surface area (Å²) in [6.07, 6.45) is 4.01. The summed E-state index contributed by atoms with van der Waals surface area (Å²) in [5.74, 6) is 2.08. The van der Waals surface area contributed by atoms with Gasteiger partial charge in [-0.3, -0.25) is 10.1 Å². The Hall–Kier alpha value is -1.20. The lowest BCUT2D eigenvalue weighted by molar-refractivity contribution is -0.130. The molecule has 0 radical (unpaired) electrons. The predicted octanol–water partition coefficient (Wildman–Crippen LogP) is 2.02. The lowest BCUT2D eigenvalue weighted by atomic mass is 10.1. The highest BCUT2D eigenvalue weighted by Gasteiger charge is 2.59. The van der Waals surface area contributed by atoms with E-state index < -0.39 is 0 Å². The zero-order chi connectivity index (χ0) is 14.2. The van der Waals surface area contributed by atoms with E-state index in [1.807, 2.05) is 29.2 Å². The van der Waals surface area contributed by atoms with E-state index in [9.17, 15) is 4.79 Å². The molecule has 0 bridgehead atoms. The standard InChI is InChI=1S/C15H20N2O2S/c1-19-12-5-3-11(4-6-12)13-16-15(7-8-15)14(18)17(13)9-10-20-2/h3-6,13,16H,7-10H2,1-2H3. The van der Waals surface area contributed by atoms with E-state index in [4.69, 9.17) is 4.74 Å². The summed E-state index contributed by atoms with van der Waals surface area (Å²) < 4.78 is 5.19. The van der Waals surface area contributed by atoms with Gasteiger partial charge < -0.3 is 9.64 Å². The number of carbonyl (C=O) groups excluding carboxylic acids is 1. The van der Waals surface area contributed by atoms with Crippen LogP contribution >= 0.6 is 11.8 Å². The molecule has 4 nitrogen and oxygen atoms in total. The molecule has 0 aromatic heterocycles. The Labute approximate surface area is 123 Å². The van der Waals surface area contributed by atoms with Crippen LogP contribution < -0.4 is 10.1 Å². The number of rotatable bonds is 5. The van der Waals surface area contributed by atoms with Crippen LogP contribution in [0.25, 0.3) is 0 Å². The van der Waals surface area contributed by atoms with Crippen molar-refractivity contribution in [2.45, 2.75) is 24.5 Å². The van der Waals surface area contributed by atoms with Crippen LogP contribution in [-0.2, 0) is 4.79 Å². The van der Waals surface area contributed by atoms with Crippen molar-refractivity contribution < 1.29 is 9.53 Å². The summed E-state index contributed by atoms with van der Waals surface area (Å²) in [6, 6.07) is 7.98.